The molecular weight excluding hydrogens is 398 g/mol. The van der Waals surface area contributed by atoms with Crippen molar-refractivity contribution in [2.24, 2.45) is 5.73 Å². The summed E-state index contributed by atoms with van der Waals surface area (Å²) in [6, 6.07) is 11.6. The molecule has 0 bridgehead atoms. The van der Waals surface area contributed by atoms with E-state index in [1.807, 2.05) is 43.3 Å². The maximum Gasteiger partial charge on any atom is 0.124 e. The van der Waals surface area contributed by atoms with Crippen molar-refractivity contribution in [2.45, 2.75) is 19.6 Å². The molecule has 0 saturated carbocycles. The highest BCUT2D eigenvalue weighted by atomic mass is 79.9. The van der Waals surface area contributed by atoms with Crippen LogP contribution in [0.15, 0.2) is 45.3 Å². The Morgan fingerprint density at radius 1 is 1.14 bits per heavy atom. The number of hydrogen-bond donors (Lipinski definition) is 1. The second-order valence-corrected chi connectivity index (χ2v) is 6.49. The first-order chi connectivity index (χ1) is 10.0. The van der Waals surface area contributed by atoms with Gasteiger partial charge >= 0.3 is 0 Å². The Balaban J connectivity index is 2.20. The highest BCUT2D eigenvalue weighted by Crippen LogP contribution is 2.29. The molecule has 1 atom stereocenters. The predicted molar refractivity (Wildman–Crippen MR) is 91.8 cm³/mol. The van der Waals surface area contributed by atoms with Crippen molar-refractivity contribution in [3.8, 4) is 11.5 Å². The largest absolute Gasteiger partial charge is 0.497 e. The monoisotopic (exact) mass is 413 g/mol. The van der Waals surface area contributed by atoms with Crippen molar-refractivity contribution >= 4 is 31.9 Å². The zero-order valence-electron chi connectivity index (χ0n) is 11.9. The van der Waals surface area contributed by atoms with Gasteiger partial charge in [-0.3, -0.25) is 0 Å². The molecule has 0 amide bonds. The average Bonchev–Trinajstić information content (AvgIpc) is 2.47. The molecule has 2 aromatic carbocycles. The Kier molecular flexibility index (Phi) is 5.67. The first-order valence-electron chi connectivity index (χ1n) is 6.51. The minimum absolute atomic E-state index is 0.0914. The Bertz CT molecular complexity index is 630. The lowest BCUT2D eigenvalue weighted by Crippen LogP contribution is -2.08. The Labute approximate surface area is 141 Å². The van der Waals surface area contributed by atoms with Crippen LogP contribution in [0.4, 0.5) is 0 Å². The van der Waals surface area contributed by atoms with Crippen LogP contribution in [0.3, 0.4) is 0 Å². The van der Waals surface area contributed by atoms with Crippen LogP contribution in [0.5, 0.6) is 11.5 Å². The molecule has 0 heterocycles. The molecule has 5 heteroatoms. The fraction of sp³-hybridized carbons (Fsp3) is 0.250. The summed E-state index contributed by atoms with van der Waals surface area (Å²) in [5.41, 5.74) is 7.99. The van der Waals surface area contributed by atoms with Crippen LogP contribution >= 0.6 is 31.9 Å². The van der Waals surface area contributed by atoms with Crippen molar-refractivity contribution in [3.63, 3.8) is 0 Å². The zero-order chi connectivity index (χ0) is 15.4. The SMILES string of the molecule is COc1ccc(Br)c(COc2ccc(Br)cc2C(C)N)c1. The van der Waals surface area contributed by atoms with Crippen LogP contribution in [0.2, 0.25) is 0 Å². The predicted octanol–water partition coefficient (Wildman–Crippen LogP) is 4.82. The number of nitrogens with two attached hydrogens (primary N) is 1. The fourth-order valence-electron chi connectivity index (χ4n) is 1.95. The Hall–Kier alpha value is -1.04. The van der Waals surface area contributed by atoms with Gasteiger partial charge in [0.25, 0.3) is 0 Å². The van der Waals surface area contributed by atoms with E-state index in [-0.39, 0.29) is 6.04 Å². The number of hydrogen-bond acceptors (Lipinski definition) is 3. The molecule has 21 heavy (non-hydrogen) atoms. The molecule has 2 N–H and O–H groups in total. The first-order valence-corrected chi connectivity index (χ1v) is 8.10. The van der Waals surface area contributed by atoms with Gasteiger partial charge in [0.2, 0.25) is 0 Å². The lowest BCUT2D eigenvalue weighted by atomic mass is 10.1. The molecule has 0 spiro atoms. The summed E-state index contributed by atoms with van der Waals surface area (Å²) in [7, 11) is 1.65. The number of methoxy groups -OCH3 is 1. The number of rotatable bonds is 5. The Morgan fingerprint density at radius 3 is 2.57 bits per heavy atom. The summed E-state index contributed by atoms with van der Waals surface area (Å²) < 4.78 is 13.1. The van der Waals surface area contributed by atoms with Crippen LogP contribution in [0, 0.1) is 0 Å². The van der Waals surface area contributed by atoms with Crippen LogP contribution in [-0.4, -0.2) is 7.11 Å². The van der Waals surface area contributed by atoms with Crippen molar-refractivity contribution in [1.82, 2.24) is 0 Å². The summed E-state index contributed by atoms with van der Waals surface area (Å²) in [6.45, 7) is 2.38. The molecule has 0 aliphatic rings. The minimum atomic E-state index is -0.0914. The summed E-state index contributed by atoms with van der Waals surface area (Å²) >= 11 is 6.98. The zero-order valence-corrected chi connectivity index (χ0v) is 15.1. The third-order valence-corrected chi connectivity index (χ3v) is 4.37. The molecule has 0 fully saturated rings. The average molecular weight is 415 g/mol. The highest BCUT2D eigenvalue weighted by Gasteiger charge is 2.10. The maximum absolute atomic E-state index is 6.00. The molecule has 3 nitrogen and oxygen atoms in total. The van der Waals surface area contributed by atoms with E-state index in [0.29, 0.717) is 6.61 Å². The molecule has 2 rings (SSSR count). The van der Waals surface area contributed by atoms with E-state index in [1.54, 1.807) is 7.11 Å². The quantitative estimate of drug-likeness (QED) is 0.762. The third-order valence-electron chi connectivity index (χ3n) is 3.10. The van der Waals surface area contributed by atoms with Gasteiger partial charge in [0.1, 0.15) is 18.1 Å². The van der Waals surface area contributed by atoms with Crippen molar-refractivity contribution < 1.29 is 9.47 Å². The fourth-order valence-corrected chi connectivity index (χ4v) is 2.69. The standard InChI is InChI=1S/C16H17Br2NO2/c1-10(19)14-8-12(17)3-6-16(14)21-9-11-7-13(20-2)4-5-15(11)18/h3-8,10H,9,19H2,1-2H3. The van der Waals surface area contributed by atoms with Gasteiger partial charge in [-0.15, -0.1) is 0 Å². The van der Waals surface area contributed by atoms with E-state index >= 15 is 0 Å². The molecule has 0 radical (unpaired) electrons. The summed E-state index contributed by atoms with van der Waals surface area (Å²) in [4.78, 5) is 0. The smallest absolute Gasteiger partial charge is 0.124 e. The second kappa shape index (κ2) is 7.29. The summed E-state index contributed by atoms with van der Waals surface area (Å²) in [6.07, 6.45) is 0. The highest BCUT2D eigenvalue weighted by molar-refractivity contribution is 9.10. The number of benzene rings is 2. The molecule has 1 unspecified atom stereocenters. The maximum atomic E-state index is 6.00. The molecule has 0 aliphatic heterocycles. The molecule has 2 aromatic rings. The first kappa shape index (κ1) is 16.3. The van der Waals surface area contributed by atoms with E-state index in [1.165, 1.54) is 0 Å². The molecular formula is C16H17Br2NO2. The van der Waals surface area contributed by atoms with Gasteiger partial charge in [0.05, 0.1) is 7.11 Å². The van der Waals surface area contributed by atoms with Crippen LogP contribution in [0.1, 0.15) is 24.1 Å². The lowest BCUT2D eigenvalue weighted by molar-refractivity contribution is 0.299. The van der Waals surface area contributed by atoms with Crippen LogP contribution in [0.25, 0.3) is 0 Å². The van der Waals surface area contributed by atoms with E-state index in [0.717, 1.165) is 31.6 Å². The van der Waals surface area contributed by atoms with Crippen molar-refractivity contribution in [3.05, 3.63) is 56.5 Å². The summed E-state index contributed by atoms with van der Waals surface area (Å²) in [5, 5.41) is 0. The Morgan fingerprint density at radius 2 is 1.90 bits per heavy atom. The van der Waals surface area contributed by atoms with E-state index < -0.39 is 0 Å². The third kappa shape index (κ3) is 4.22. The minimum Gasteiger partial charge on any atom is -0.497 e. The van der Waals surface area contributed by atoms with Gasteiger partial charge in [-0.05, 0) is 43.3 Å². The lowest BCUT2D eigenvalue weighted by Gasteiger charge is -2.15. The van der Waals surface area contributed by atoms with Gasteiger partial charge in [0.15, 0.2) is 0 Å². The molecule has 0 aliphatic carbocycles. The van der Waals surface area contributed by atoms with E-state index in [9.17, 15) is 0 Å². The summed E-state index contributed by atoms with van der Waals surface area (Å²) in [5.74, 6) is 1.60. The van der Waals surface area contributed by atoms with Gasteiger partial charge in [0, 0.05) is 26.1 Å². The van der Waals surface area contributed by atoms with Gasteiger partial charge in [-0.2, -0.15) is 0 Å². The molecule has 112 valence electrons. The van der Waals surface area contributed by atoms with Crippen molar-refractivity contribution in [2.75, 3.05) is 7.11 Å². The molecule has 0 saturated heterocycles. The van der Waals surface area contributed by atoms with Crippen LogP contribution < -0.4 is 15.2 Å². The van der Waals surface area contributed by atoms with E-state index in [2.05, 4.69) is 31.9 Å². The second-order valence-electron chi connectivity index (χ2n) is 4.72. The molecule has 0 aromatic heterocycles. The topological polar surface area (TPSA) is 44.5 Å². The van der Waals surface area contributed by atoms with Gasteiger partial charge in [-0.25, -0.2) is 0 Å². The van der Waals surface area contributed by atoms with E-state index in [4.69, 9.17) is 15.2 Å². The van der Waals surface area contributed by atoms with Crippen molar-refractivity contribution in [1.29, 1.82) is 0 Å². The van der Waals surface area contributed by atoms with Gasteiger partial charge < -0.3 is 15.2 Å². The number of halogens is 2. The normalized spacial score (nSPS) is 12.0. The van der Waals surface area contributed by atoms with Gasteiger partial charge in [-0.1, -0.05) is 31.9 Å². The van der Waals surface area contributed by atoms with Crippen LogP contribution in [-0.2, 0) is 6.61 Å². The number of ether oxygens (including phenoxy) is 2.